The predicted molar refractivity (Wildman–Crippen MR) is 163 cm³/mol. The van der Waals surface area contributed by atoms with Gasteiger partial charge in [0.2, 0.25) is 17.8 Å². The molecule has 2 amide bonds. The number of hydrogen-bond donors (Lipinski definition) is 4. The largest absolute Gasteiger partial charge is 0.393 e. The van der Waals surface area contributed by atoms with Gasteiger partial charge in [0.05, 0.1) is 17.5 Å². The van der Waals surface area contributed by atoms with Crippen molar-refractivity contribution in [3.63, 3.8) is 0 Å². The normalized spacial score (nSPS) is 19.1. The lowest BCUT2D eigenvalue weighted by molar-refractivity contribution is -0.131. The highest BCUT2D eigenvalue weighted by molar-refractivity contribution is 6.17. The van der Waals surface area contributed by atoms with Gasteiger partial charge in [-0.25, -0.2) is 14.1 Å². The number of aliphatic hydroxyl groups is 1. The van der Waals surface area contributed by atoms with E-state index in [1.54, 1.807) is 18.3 Å². The first-order valence-corrected chi connectivity index (χ1v) is 15.0. The molecule has 2 saturated carbocycles. The third-order valence-corrected chi connectivity index (χ3v) is 8.41. The first-order valence-electron chi connectivity index (χ1n) is 15.0. The van der Waals surface area contributed by atoms with Gasteiger partial charge >= 0.3 is 0 Å². The molecule has 10 nitrogen and oxygen atoms in total. The maximum absolute atomic E-state index is 13.2. The van der Waals surface area contributed by atoms with Crippen LogP contribution in [0.5, 0.6) is 0 Å². The van der Waals surface area contributed by atoms with Crippen LogP contribution in [0.3, 0.4) is 0 Å². The third-order valence-electron chi connectivity index (χ3n) is 8.41. The first kappa shape index (κ1) is 28.7. The van der Waals surface area contributed by atoms with Gasteiger partial charge in [0.25, 0.3) is 0 Å². The maximum atomic E-state index is 13.2. The van der Waals surface area contributed by atoms with Crippen molar-refractivity contribution in [1.82, 2.24) is 19.7 Å². The second-order valence-corrected chi connectivity index (χ2v) is 11.5. The van der Waals surface area contributed by atoms with Gasteiger partial charge in [-0.1, -0.05) is 25.5 Å². The minimum absolute atomic E-state index is 0.132. The molecule has 2 aliphatic rings. The summed E-state index contributed by atoms with van der Waals surface area (Å²) < 4.78 is 15.2. The highest BCUT2D eigenvalue weighted by Crippen LogP contribution is 2.47. The maximum Gasteiger partial charge on any atom is 0.240 e. The van der Waals surface area contributed by atoms with Crippen LogP contribution in [0.4, 0.5) is 21.7 Å². The SMILES string of the molecule is CCCCNc1ncc2c(-c3ccc(NC(=O)C4(C(=O)Nc5ccc(F)cc5)CC4)cc3)nn(C3CCC(O)CC3)c2n1. The molecule has 2 aromatic heterocycles. The molecule has 0 spiro atoms. The van der Waals surface area contributed by atoms with E-state index in [4.69, 9.17) is 10.1 Å². The zero-order chi connectivity index (χ0) is 30.0. The topological polar surface area (TPSA) is 134 Å². The molecular formula is C32H36FN7O3. The molecule has 43 heavy (non-hydrogen) atoms. The van der Waals surface area contributed by atoms with E-state index in [2.05, 4.69) is 27.9 Å². The Balaban J connectivity index is 1.21. The molecule has 0 unspecified atom stereocenters. The summed E-state index contributed by atoms with van der Waals surface area (Å²) in [5, 5.41) is 24.8. The number of anilines is 3. The molecule has 0 bridgehead atoms. The molecule has 2 fully saturated rings. The van der Waals surface area contributed by atoms with Crippen molar-refractivity contribution in [2.45, 2.75) is 70.4 Å². The molecule has 6 rings (SSSR count). The predicted octanol–water partition coefficient (Wildman–Crippen LogP) is 5.68. The van der Waals surface area contributed by atoms with Gasteiger partial charge < -0.3 is 21.1 Å². The lowest BCUT2D eigenvalue weighted by Gasteiger charge is -2.25. The summed E-state index contributed by atoms with van der Waals surface area (Å²) >= 11 is 0. The summed E-state index contributed by atoms with van der Waals surface area (Å²) in [7, 11) is 0. The number of unbranched alkanes of at least 4 members (excludes halogenated alkanes) is 1. The van der Waals surface area contributed by atoms with Crippen LogP contribution in [0, 0.1) is 11.2 Å². The average molecular weight is 586 g/mol. The van der Waals surface area contributed by atoms with Gasteiger partial charge in [-0.15, -0.1) is 0 Å². The van der Waals surface area contributed by atoms with E-state index in [1.165, 1.54) is 24.3 Å². The highest BCUT2D eigenvalue weighted by Gasteiger charge is 2.56. The van der Waals surface area contributed by atoms with Gasteiger partial charge in [0, 0.05) is 29.7 Å². The number of aromatic nitrogens is 4. The van der Waals surface area contributed by atoms with Crippen molar-refractivity contribution in [1.29, 1.82) is 0 Å². The second kappa shape index (κ2) is 12.1. The number of nitrogens with one attached hydrogen (secondary N) is 3. The molecule has 2 aromatic carbocycles. The number of aliphatic hydroxyl groups excluding tert-OH is 1. The summed E-state index contributed by atoms with van der Waals surface area (Å²) in [5.41, 5.74) is 2.22. The smallest absolute Gasteiger partial charge is 0.240 e. The van der Waals surface area contributed by atoms with Crippen LogP contribution in [0.2, 0.25) is 0 Å². The van der Waals surface area contributed by atoms with Gasteiger partial charge in [0.1, 0.15) is 16.9 Å². The minimum atomic E-state index is -1.14. The lowest BCUT2D eigenvalue weighted by Crippen LogP contribution is -2.35. The number of halogens is 1. The van der Waals surface area contributed by atoms with Crippen molar-refractivity contribution in [2.24, 2.45) is 5.41 Å². The van der Waals surface area contributed by atoms with Crippen LogP contribution in [0.15, 0.2) is 54.7 Å². The van der Waals surface area contributed by atoms with Crippen LogP contribution in [-0.4, -0.2) is 49.3 Å². The Hall–Kier alpha value is -4.38. The molecule has 4 aromatic rings. The molecule has 2 aliphatic carbocycles. The summed E-state index contributed by atoms with van der Waals surface area (Å²) in [4.78, 5) is 35.4. The molecule has 0 saturated heterocycles. The number of carbonyl (C=O) groups excluding carboxylic acids is 2. The van der Waals surface area contributed by atoms with E-state index in [0.717, 1.165) is 67.4 Å². The Morgan fingerprint density at radius 1 is 0.977 bits per heavy atom. The fourth-order valence-electron chi connectivity index (χ4n) is 5.58. The summed E-state index contributed by atoms with van der Waals surface area (Å²) in [6, 6.07) is 13.0. The molecule has 11 heteroatoms. The number of benzene rings is 2. The van der Waals surface area contributed by atoms with Crippen molar-refractivity contribution in [3.05, 3.63) is 60.5 Å². The Morgan fingerprint density at radius 3 is 2.21 bits per heavy atom. The zero-order valence-corrected chi connectivity index (χ0v) is 24.1. The van der Waals surface area contributed by atoms with Crippen molar-refractivity contribution < 1.29 is 19.1 Å². The van der Waals surface area contributed by atoms with Crippen LogP contribution < -0.4 is 16.0 Å². The number of amides is 2. The van der Waals surface area contributed by atoms with E-state index < -0.39 is 17.1 Å². The van der Waals surface area contributed by atoms with Crippen molar-refractivity contribution in [2.75, 3.05) is 22.5 Å². The number of rotatable bonds is 10. The van der Waals surface area contributed by atoms with Gasteiger partial charge in [-0.2, -0.15) is 10.1 Å². The highest BCUT2D eigenvalue weighted by atomic mass is 19.1. The first-order chi connectivity index (χ1) is 20.9. The van der Waals surface area contributed by atoms with Gasteiger partial charge in [0.15, 0.2) is 5.65 Å². The molecule has 224 valence electrons. The number of hydrogen-bond acceptors (Lipinski definition) is 7. The fourth-order valence-corrected chi connectivity index (χ4v) is 5.58. The average Bonchev–Trinajstić information content (AvgIpc) is 3.75. The van der Waals surface area contributed by atoms with E-state index in [-0.39, 0.29) is 18.1 Å². The molecule has 0 aliphatic heterocycles. The van der Waals surface area contributed by atoms with Crippen LogP contribution >= 0.6 is 0 Å². The van der Waals surface area contributed by atoms with Gasteiger partial charge in [-0.05, 0) is 81.3 Å². The Morgan fingerprint density at radius 2 is 1.60 bits per heavy atom. The molecule has 0 radical (unpaired) electrons. The van der Waals surface area contributed by atoms with E-state index in [0.29, 0.717) is 30.2 Å². The van der Waals surface area contributed by atoms with Crippen molar-refractivity contribution in [3.8, 4) is 11.3 Å². The standard InChI is InChI=1S/C32H36FN7O3/c1-2-3-18-34-31-35-19-26-27(39-40(28(26)38-31)24-12-14-25(41)15-13-24)20-4-8-22(9-5-20)36-29(42)32(16-17-32)30(43)37-23-10-6-21(33)7-11-23/h4-11,19,24-25,41H,2-3,12-18H2,1H3,(H,36,42)(H,37,43)(H,34,35,38). The van der Waals surface area contributed by atoms with Gasteiger partial charge in [-0.3, -0.25) is 9.59 Å². The number of carbonyl (C=O) groups is 2. The van der Waals surface area contributed by atoms with Crippen LogP contribution in [-0.2, 0) is 9.59 Å². The Kier molecular flexibility index (Phi) is 8.07. The monoisotopic (exact) mass is 585 g/mol. The van der Waals surface area contributed by atoms with Crippen molar-refractivity contribution >= 4 is 40.2 Å². The van der Waals surface area contributed by atoms with Crippen LogP contribution in [0.1, 0.15) is 64.3 Å². The Labute approximate surface area is 249 Å². The molecule has 0 atom stereocenters. The fraction of sp³-hybridized carbons (Fsp3) is 0.406. The summed E-state index contributed by atoms with van der Waals surface area (Å²) in [5.74, 6) is -0.597. The van der Waals surface area contributed by atoms with E-state index in [9.17, 15) is 19.1 Å². The molecule has 2 heterocycles. The van der Waals surface area contributed by atoms with E-state index >= 15 is 0 Å². The summed E-state index contributed by atoms with van der Waals surface area (Å²) in [6.07, 6.45) is 7.62. The van der Waals surface area contributed by atoms with Crippen LogP contribution in [0.25, 0.3) is 22.3 Å². The second-order valence-electron chi connectivity index (χ2n) is 11.5. The summed E-state index contributed by atoms with van der Waals surface area (Å²) in [6.45, 7) is 2.93. The number of fused-ring (bicyclic) bond motifs is 1. The lowest BCUT2D eigenvalue weighted by atomic mass is 9.93. The minimum Gasteiger partial charge on any atom is -0.393 e. The number of nitrogens with zero attached hydrogens (tertiary/aromatic N) is 4. The molecular weight excluding hydrogens is 549 g/mol. The zero-order valence-electron chi connectivity index (χ0n) is 24.1. The third kappa shape index (κ3) is 6.08. The van der Waals surface area contributed by atoms with E-state index in [1.807, 2.05) is 16.8 Å². The Bertz CT molecular complexity index is 1610. The molecule has 4 N–H and O–H groups in total. The quantitative estimate of drug-likeness (QED) is 0.139.